The van der Waals surface area contributed by atoms with E-state index >= 15 is 0 Å². The molecule has 2 rings (SSSR count). The molecule has 0 amide bonds. The van der Waals surface area contributed by atoms with Gasteiger partial charge in [-0.25, -0.2) is 9.37 Å². The summed E-state index contributed by atoms with van der Waals surface area (Å²) < 4.78 is 50.1. The van der Waals surface area contributed by atoms with Gasteiger partial charge in [-0.1, -0.05) is 0 Å². The van der Waals surface area contributed by atoms with Gasteiger partial charge in [-0.2, -0.15) is 13.2 Å². The normalized spacial score (nSPS) is 12.0. The number of hydrogen-bond acceptors (Lipinski definition) is 3. The number of benzene rings is 1. The molecule has 17 heavy (non-hydrogen) atoms. The van der Waals surface area contributed by atoms with Crippen molar-refractivity contribution in [3.63, 3.8) is 0 Å². The van der Waals surface area contributed by atoms with Crippen molar-refractivity contribution in [2.24, 2.45) is 0 Å². The number of nitrogens with one attached hydrogen (secondary N) is 1. The summed E-state index contributed by atoms with van der Waals surface area (Å²) in [5.41, 5.74) is -1.97. The van der Waals surface area contributed by atoms with Gasteiger partial charge in [-0.05, 0) is 6.07 Å². The molecule has 1 N–H and O–H groups in total. The van der Waals surface area contributed by atoms with Crippen LogP contribution < -0.4 is 0 Å². The summed E-state index contributed by atoms with van der Waals surface area (Å²) in [5, 5.41) is 10.5. The molecule has 0 aliphatic rings. The van der Waals surface area contributed by atoms with Crippen molar-refractivity contribution in [2.45, 2.75) is 6.18 Å². The minimum atomic E-state index is -4.82. The van der Waals surface area contributed by atoms with Crippen molar-refractivity contribution >= 4 is 16.7 Å². The lowest BCUT2D eigenvalue weighted by Gasteiger charge is -1.98. The molecule has 0 atom stereocenters. The number of aromatic nitrogens is 2. The highest BCUT2D eigenvalue weighted by Crippen LogP contribution is 2.32. The van der Waals surface area contributed by atoms with Crippen LogP contribution in [0, 0.1) is 15.9 Å². The number of alkyl halides is 3. The predicted molar refractivity (Wildman–Crippen MR) is 47.7 cm³/mol. The molecule has 9 heteroatoms. The zero-order valence-corrected chi connectivity index (χ0v) is 7.88. The number of hydrogen-bond donors (Lipinski definition) is 1. The number of fused-ring (bicyclic) bond motifs is 1. The van der Waals surface area contributed by atoms with E-state index in [1.54, 1.807) is 4.98 Å². The quantitative estimate of drug-likeness (QED) is 0.479. The summed E-state index contributed by atoms with van der Waals surface area (Å²) in [5.74, 6) is -2.51. The first-order chi connectivity index (χ1) is 7.80. The lowest BCUT2D eigenvalue weighted by Crippen LogP contribution is -2.07. The molecule has 1 heterocycles. The molecule has 0 bridgehead atoms. The Bertz CT molecular complexity index is 605. The van der Waals surface area contributed by atoms with Gasteiger partial charge in [-0.15, -0.1) is 0 Å². The molecule has 5 nitrogen and oxygen atoms in total. The smallest absolute Gasteiger partial charge is 0.332 e. The second kappa shape index (κ2) is 3.40. The third kappa shape index (κ3) is 1.79. The molecule has 0 aliphatic carbocycles. The third-order valence-electron chi connectivity index (χ3n) is 2.04. The number of nitrogens with zero attached hydrogens (tertiary/aromatic N) is 2. The summed E-state index contributed by atoms with van der Waals surface area (Å²) in [7, 11) is 0. The van der Waals surface area contributed by atoms with Gasteiger partial charge in [0.15, 0.2) is 5.52 Å². The number of nitro groups is 1. The molecule has 1 aromatic heterocycles. The van der Waals surface area contributed by atoms with Crippen molar-refractivity contribution in [1.29, 1.82) is 0 Å². The molecular weight excluding hydrogens is 246 g/mol. The Labute approximate surface area is 90.2 Å². The van der Waals surface area contributed by atoms with Crippen molar-refractivity contribution in [2.75, 3.05) is 0 Å². The first kappa shape index (κ1) is 11.3. The lowest BCUT2D eigenvalue weighted by molar-refractivity contribution is -0.383. The molecule has 0 aliphatic heterocycles. The molecule has 1 aromatic carbocycles. The fraction of sp³-hybridized carbons (Fsp3) is 0.125. The van der Waals surface area contributed by atoms with Crippen LogP contribution >= 0.6 is 0 Å². The Balaban J connectivity index is 2.79. The molecule has 0 saturated carbocycles. The van der Waals surface area contributed by atoms with Crippen LogP contribution in [0.15, 0.2) is 12.1 Å². The first-order valence-corrected chi connectivity index (χ1v) is 4.20. The van der Waals surface area contributed by atoms with Gasteiger partial charge in [0.25, 0.3) is 5.69 Å². The van der Waals surface area contributed by atoms with E-state index in [4.69, 9.17) is 0 Å². The lowest BCUT2D eigenvalue weighted by atomic mass is 10.2. The molecule has 0 fully saturated rings. The van der Waals surface area contributed by atoms with Gasteiger partial charge in [0.1, 0.15) is 11.3 Å². The van der Waals surface area contributed by atoms with E-state index in [9.17, 15) is 27.7 Å². The maximum Gasteiger partial charge on any atom is 0.449 e. The molecule has 0 unspecified atom stereocenters. The summed E-state index contributed by atoms with van der Waals surface area (Å²) in [6.07, 6.45) is -4.82. The van der Waals surface area contributed by atoms with Crippen molar-refractivity contribution < 1.29 is 22.5 Å². The van der Waals surface area contributed by atoms with E-state index < -0.39 is 39.5 Å². The van der Waals surface area contributed by atoms with Gasteiger partial charge < -0.3 is 4.98 Å². The van der Waals surface area contributed by atoms with Crippen LogP contribution in [0.3, 0.4) is 0 Å². The Kier molecular flexibility index (Phi) is 2.26. The number of rotatable bonds is 1. The number of nitro benzene ring substituents is 1. The number of aromatic amines is 1. The summed E-state index contributed by atoms with van der Waals surface area (Å²) in [6.45, 7) is 0. The number of non-ortho nitro benzene ring substituents is 1. The zero-order valence-electron chi connectivity index (χ0n) is 7.88. The number of H-pyrrole nitrogens is 1. The van der Waals surface area contributed by atoms with Crippen molar-refractivity contribution in [3.05, 3.63) is 33.9 Å². The molecule has 90 valence electrons. The van der Waals surface area contributed by atoms with E-state index in [1.807, 2.05) is 0 Å². The van der Waals surface area contributed by atoms with Crippen molar-refractivity contribution in [1.82, 2.24) is 9.97 Å². The highest BCUT2D eigenvalue weighted by atomic mass is 19.4. The maximum atomic E-state index is 13.2. The Morgan fingerprint density at radius 2 is 2.00 bits per heavy atom. The van der Waals surface area contributed by atoms with E-state index in [0.717, 1.165) is 6.07 Å². The zero-order chi connectivity index (χ0) is 12.8. The van der Waals surface area contributed by atoms with E-state index in [-0.39, 0.29) is 0 Å². The van der Waals surface area contributed by atoms with Crippen LogP contribution in [-0.4, -0.2) is 14.9 Å². The monoisotopic (exact) mass is 249 g/mol. The highest BCUT2D eigenvalue weighted by molar-refractivity contribution is 5.85. The Morgan fingerprint density at radius 3 is 2.53 bits per heavy atom. The fourth-order valence-electron chi connectivity index (χ4n) is 1.33. The molecule has 2 aromatic rings. The third-order valence-corrected chi connectivity index (χ3v) is 2.04. The Morgan fingerprint density at radius 1 is 1.35 bits per heavy atom. The van der Waals surface area contributed by atoms with Gasteiger partial charge >= 0.3 is 6.18 Å². The first-order valence-electron chi connectivity index (χ1n) is 4.20. The van der Waals surface area contributed by atoms with Crippen LogP contribution in [0.25, 0.3) is 11.0 Å². The van der Waals surface area contributed by atoms with Gasteiger partial charge in [0, 0.05) is 6.07 Å². The molecule has 0 spiro atoms. The van der Waals surface area contributed by atoms with E-state index in [2.05, 4.69) is 4.98 Å². The van der Waals surface area contributed by atoms with Crippen LogP contribution in [0.2, 0.25) is 0 Å². The van der Waals surface area contributed by atoms with Gasteiger partial charge in [0.05, 0.1) is 4.92 Å². The van der Waals surface area contributed by atoms with Crippen LogP contribution in [0.5, 0.6) is 0 Å². The molecular formula is C8H3F4N3O2. The predicted octanol–water partition coefficient (Wildman–Crippen LogP) is 2.63. The fourth-order valence-corrected chi connectivity index (χ4v) is 1.33. The van der Waals surface area contributed by atoms with Crippen LogP contribution in [0.1, 0.15) is 5.82 Å². The van der Waals surface area contributed by atoms with Gasteiger partial charge in [0.2, 0.25) is 5.82 Å². The second-order valence-corrected chi connectivity index (χ2v) is 3.13. The van der Waals surface area contributed by atoms with E-state index in [0.29, 0.717) is 6.07 Å². The van der Waals surface area contributed by atoms with Gasteiger partial charge in [-0.3, -0.25) is 10.1 Å². The molecule has 0 radical (unpaired) electrons. The average Bonchev–Trinajstić information content (AvgIpc) is 2.62. The SMILES string of the molecule is O=[N+]([O-])c1ccc(F)c2[nH]c(C(F)(F)F)nc12. The molecule has 0 saturated heterocycles. The summed E-state index contributed by atoms with van der Waals surface area (Å²) >= 11 is 0. The van der Waals surface area contributed by atoms with Crippen molar-refractivity contribution in [3.8, 4) is 0 Å². The maximum absolute atomic E-state index is 13.2. The standard InChI is InChI=1S/C8H3F4N3O2/c9-3-1-2-4(15(16)17)6-5(3)13-7(14-6)8(10,11)12/h1-2H,(H,13,14). The minimum absolute atomic E-state index is 0.633. The topological polar surface area (TPSA) is 71.8 Å². The highest BCUT2D eigenvalue weighted by Gasteiger charge is 2.36. The largest absolute Gasteiger partial charge is 0.449 e. The van der Waals surface area contributed by atoms with Crippen LogP contribution in [0.4, 0.5) is 23.2 Å². The van der Waals surface area contributed by atoms with Crippen LogP contribution in [-0.2, 0) is 6.18 Å². The second-order valence-electron chi connectivity index (χ2n) is 3.13. The number of halogens is 4. The van der Waals surface area contributed by atoms with E-state index in [1.165, 1.54) is 0 Å². The minimum Gasteiger partial charge on any atom is -0.332 e. The Hall–Kier alpha value is -2.19. The average molecular weight is 249 g/mol. The summed E-state index contributed by atoms with van der Waals surface area (Å²) in [6, 6.07) is 1.47. The number of imidazole rings is 1. The summed E-state index contributed by atoms with van der Waals surface area (Å²) in [4.78, 5) is 14.3.